The van der Waals surface area contributed by atoms with Crippen LogP contribution in [0.1, 0.15) is 29.3 Å². The largest absolute Gasteiger partial charge is 0.493 e. The van der Waals surface area contributed by atoms with Crippen LogP contribution in [0.2, 0.25) is 0 Å². The van der Waals surface area contributed by atoms with Gasteiger partial charge in [0, 0.05) is 26.2 Å². The van der Waals surface area contributed by atoms with Gasteiger partial charge in [0.15, 0.2) is 4.77 Å². The Hall–Kier alpha value is -3.08. The zero-order valence-electron chi connectivity index (χ0n) is 19.6. The van der Waals surface area contributed by atoms with Crippen LogP contribution in [0.4, 0.5) is 8.78 Å². The van der Waals surface area contributed by atoms with Gasteiger partial charge in [0.05, 0.1) is 24.3 Å². The molecule has 0 saturated heterocycles. The van der Waals surface area contributed by atoms with Gasteiger partial charge in [-0.1, -0.05) is 31.2 Å². The Labute approximate surface area is 207 Å². The highest BCUT2D eigenvalue weighted by atomic mass is 32.1. The Morgan fingerprint density at radius 1 is 1.14 bits per heavy atom. The second-order valence-electron chi connectivity index (χ2n) is 8.50. The van der Waals surface area contributed by atoms with Crippen molar-refractivity contribution in [3.63, 3.8) is 0 Å². The molecule has 0 aliphatic carbocycles. The maximum absolute atomic E-state index is 13.7. The molecule has 10 heteroatoms. The van der Waals surface area contributed by atoms with Gasteiger partial charge in [-0.3, -0.25) is 9.36 Å². The van der Waals surface area contributed by atoms with Crippen LogP contribution in [-0.2, 0) is 37.6 Å². The van der Waals surface area contributed by atoms with Crippen LogP contribution in [0.3, 0.4) is 0 Å². The molecule has 0 bridgehead atoms. The van der Waals surface area contributed by atoms with E-state index in [1.54, 1.807) is 7.05 Å². The van der Waals surface area contributed by atoms with Crippen LogP contribution in [0, 0.1) is 16.4 Å². The number of aliphatic hydroxyl groups is 1. The first kappa shape index (κ1) is 26.5. The molecule has 5 N–H and O–H groups in total. The summed E-state index contributed by atoms with van der Waals surface area (Å²) in [5.41, 5.74) is 2.78. The molecular formula is C25H30F2N4O3S. The number of halogens is 2. The number of aliphatic hydroxyl groups excluding tert-OH is 1. The summed E-state index contributed by atoms with van der Waals surface area (Å²) in [5, 5.41) is 26.9. The highest BCUT2D eigenvalue weighted by molar-refractivity contribution is 7.71. The lowest BCUT2D eigenvalue weighted by molar-refractivity contribution is -0.122. The van der Waals surface area contributed by atoms with Crippen LogP contribution in [0.25, 0.3) is 0 Å². The SMILES string of the molecule is CCc1cccc(CNC[C@@H](O)[C@H](Cc2cc(F)cc(F)c2)NC(=O)Cc2[nH]c(=S)n(C)c2O)c1. The smallest absolute Gasteiger partial charge is 0.226 e. The lowest BCUT2D eigenvalue weighted by atomic mass is 10.00. The summed E-state index contributed by atoms with van der Waals surface area (Å²) < 4.78 is 29.0. The molecule has 0 unspecified atom stereocenters. The highest BCUT2D eigenvalue weighted by Crippen LogP contribution is 2.17. The number of hydrogen-bond donors (Lipinski definition) is 5. The molecule has 0 radical (unpaired) electrons. The summed E-state index contributed by atoms with van der Waals surface area (Å²) in [5.74, 6) is -2.13. The van der Waals surface area contributed by atoms with Gasteiger partial charge in [-0.15, -0.1) is 0 Å². The Morgan fingerprint density at radius 3 is 2.46 bits per heavy atom. The number of aryl methyl sites for hydroxylation is 1. The van der Waals surface area contributed by atoms with Crippen molar-refractivity contribution in [3.8, 4) is 5.88 Å². The molecule has 7 nitrogen and oxygen atoms in total. The van der Waals surface area contributed by atoms with Crippen molar-refractivity contribution < 1.29 is 23.8 Å². The number of rotatable bonds is 11. The molecule has 0 aliphatic rings. The molecule has 3 aromatic rings. The lowest BCUT2D eigenvalue weighted by Gasteiger charge is -2.25. The topological polar surface area (TPSA) is 102 Å². The number of benzene rings is 2. The Bertz CT molecular complexity index is 1210. The number of amides is 1. The van der Waals surface area contributed by atoms with E-state index in [9.17, 15) is 23.8 Å². The molecule has 0 fully saturated rings. The number of aromatic hydroxyl groups is 1. The predicted molar refractivity (Wildman–Crippen MR) is 131 cm³/mol. The summed E-state index contributed by atoms with van der Waals surface area (Å²) in [4.78, 5) is 15.5. The van der Waals surface area contributed by atoms with E-state index in [1.807, 2.05) is 18.2 Å². The molecule has 1 aromatic heterocycles. The number of aromatic amines is 1. The Balaban J connectivity index is 1.69. The zero-order chi connectivity index (χ0) is 25.5. The number of carbonyl (C=O) groups excluding carboxylic acids is 1. The first-order chi connectivity index (χ1) is 16.7. The monoisotopic (exact) mass is 504 g/mol. The van der Waals surface area contributed by atoms with Crippen molar-refractivity contribution in [2.75, 3.05) is 6.54 Å². The van der Waals surface area contributed by atoms with Gasteiger partial charge >= 0.3 is 0 Å². The molecule has 0 aliphatic heterocycles. The molecule has 3 rings (SSSR count). The van der Waals surface area contributed by atoms with Gasteiger partial charge in [0.2, 0.25) is 11.8 Å². The molecule has 188 valence electrons. The van der Waals surface area contributed by atoms with Crippen LogP contribution in [0.5, 0.6) is 5.88 Å². The number of carbonyl (C=O) groups is 1. The van der Waals surface area contributed by atoms with Crippen LogP contribution in [0.15, 0.2) is 42.5 Å². The second-order valence-corrected chi connectivity index (χ2v) is 8.88. The third-order valence-electron chi connectivity index (χ3n) is 5.76. The maximum Gasteiger partial charge on any atom is 0.226 e. The average molecular weight is 505 g/mol. The quantitative estimate of drug-likeness (QED) is 0.259. The molecule has 35 heavy (non-hydrogen) atoms. The zero-order valence-corrected chi connectivity index (χ0v) is 20.5. The summed E-state index contributed by atoms with van der Waals surface area (Å²) >= 11 is 5.06. The molecule has 2 aromatic carbocycles. The maximum atomic E-state index is 13.7. The van der Waals surface area contributed by atoms with E-state index in [-0.39, 0.29) is 35.7 Å². The van der Waals surface area contributed by atoms with Gasteiger partial charge in [-0.25, -0.2) is 8.78 Å². The average Bonchev–Trinajstić information content (AvgIpc) is 3.04. The van der Waals surface area contributed by atoms with Gasteiger partial charge < -0.3 is 25.8 Å². The number of H-pyrrole nitrogens is 1. The number of aromatic nitrogens is 2. The molecular weight excluding hydrogens is 474 g/mol. The van der Waals surface area contributed by atoms with Crippen molar-refractivity contribution in [3.05, 3.63) is 81.3 Å². The van der Waals surface area contributed by atoms with Crippen molar-refractivity contribution >= 4 is 18.1 Å². The molecule has 1 amide bonds. The van der Waals surface area contributed by atoms with Crippen molar-refractivity contribution in [2.45, 2.75) is 44.9 Å². The fourth-order valence-electron chi connectivity index (χ4n) is 3.84. The fraction of sp³-hybridized carbons (Fsp3) is 0.360. The van der Waals surface area contributed by atoms with E-state index in [4.69, 9.17) is 12.2 Å². The third kappa shape index (κ3) is 7.45. The molecule has 0 saturated carbocycles. The van der Waals surface area contributed by atoms with Gasteiger partial charge in [0.1, 0.15) is 11.6 Å². The van der Waals surface area contributed by atoms with E-state index in [1.165, 1.54) is 22.3 Å². The minimum Gasteiger partial charge on any atom is -0.493 e. The van der Waals surface area contributed by atoms with Crippen LogP contribution < -0.4 is 10.6 Å². The van der Waals surface area contributed by atoms with Gasteiger partial charge in [-0.2, -0.15) is 0 Å². The molecule has 1 heterocycles. The first-order valence-corrected chi connectivity index (χ1v) is 11.7. The Kier molecular flexibility index (Phi) is 9.13. The normalized spacial score (nSPS) is 12.9. The number of nitrogens with zero attached hydrogens (tertiary/aromatic N) is 1. The molecule has 0 spiro atoms. The van der Waals surface area contributed by atoms with Crippen LogP contribution in [-0.4, -0.2) is 44.4 Å². The second kappa shape index (κ2) is 12.1. The summed E-state index contributed by atoms with van der Waals surface area (Å²) in [6, 6.07) is 10.3. The van der Waals surface area contributed by atoms with E-state index in [2.05, 4.69) is 28.6 Å². The standard InChI is InChI=1S/C25H30F2N4O3S/c1-3-15-5-4-6-16(7-15)13-28-14-22(32)20(10-17-8-18(26)11-19(27)9-17)29-23(33)12-21-24(34)31(2)25(35)30-21/h4-9,11,20,22,28,32,34H,3,10,12-14H2,1-2H3,(H,29,33)(H,30,35)/t20-,22+/m0/s1. The summed E-state index contributed by atoms with van der Waals surface area (Å²) in [6.07, 6.45) is -0.349. The summed E-state index contributed by atoms with van der Waals surface area (Å²) in [7, 11) is 1.56. The van der Waals surface area contributed by atoms with Crippen molar-refractivity contribution in [1.29, 1.82) is 0 Å². The van der Waals surface area contributed by atoms with E-state index >= 15 is 0 Å². The van der Waals surface area contributed by atoms with E-state index in [0.29, 0.717) is 12.1 Å². The Morgan fingerprint density at radius 2 is 1.83 bits per heavy atom. The van der Waals surface area contributed by atoms with E-state index in [0.717, 1.165) is 18.1 Å². The highest BCUT2D eigenvalue weighted by Gasteiger charge is 2.23. The van der Waals surface area contributed by atoms with Crippen LogP contribution >= 0.6 is 12.2 Å². The fourth-order valence-corrected chi connectivity index (χ4v) is 4.05. The van der Waals surface area contributed by atoms with E-state index < -0.39 is 29.7 Å². The number of imidazole rings is 1. The number of nitrogens with one attached hydrogen (secondary N) is 3. The third-order valence-corrected chi connectivity index (χ3v) is 6.13. The number of hydrogen-bond acceptors (Lipinski definition) is 5. The molecule has 2 atom stereocenters. The van der Waals surface area contributed by atoms with Gasteiger partial charge in [0.25, 0.3) is 0 Å². The minimum absolute atomic E-state index is 0.00532. The first-order valence-electron chi connectivity index (χ1n) is 11.3. The van der Waals surface area contributed by atoms with Crippen molar-refractivity contribution in [1.82, 2.24) is 20.2 Å². The van der Waals surface area contributed by atoms with Gasteiger partial charge in [-0.05, 0) is 53.9 Å². The summed E-state index contributed by atoms with van der Waals surface area (Å²) in [6.45, 7) is 2.72. The minimum atomic E-state index is -1.05. The lowest BCUT2D eigenvalue weighted by Crippen LogP contribution is -2.49. The predicted octanol–water partition coefficient (Wildman–Crippen LogP) is 3.05. The van der Waals surface area contributed by atoms with Crippen molar-refractivity contribution in [2.24, 2.45) is 7.05 Å².